The zero-order valence-electron chi connectivity index (χ0n) is 16.0. The lowest BCUT2D eigenvalue weighted by Crippen LogP contribution is -1.98. The number of nitrogens with one attached hydrogen (secondary N) is 1. The third kappa shape index (κ3) is 3.48. The van der Waals surface area contributed by atoms with Crippen LogP contribution < -0.4 is 14.8 Å². The summed E-state index contributed by atoms with van der Waals surface area (Å²) in [6, 6.07) is 8.99. The second kappa shape index (κ2) is 7.37. The van der Waals surface area contributed by atoms with Crippen molar-refractivity contribution in [2.75, 3.05) is 12.4 Å². The maximum atomic E-state index is 14.7. The minimum Gasteiger partial charge on any atom is -0.504 e. The van der Waals surface area contributed by atoms with Gasteiger partial charge in [-0.05, 0) is 18.2 Å². The molecule has 0 atom stereocenters. The Bertz CT molecular complexity index is 1420. The summed E-state index contributed by atoms with van der Waals surface area (Å²) in [6.45, 7) is 0. The fourth-order valence-electron chi connectivity index (χ4n) is 3.01. The molecule has 0 aliphatic carbocycles. The van der Waals surface area contributed by atoms with Gasteiger partial charge in [-0.3, -0.25) is 4.40 Å². The van der Waals surface area contributed by atoms with Gasteiger partial charge in [0.15, 0.2) is 28.7 Å². The van der Waals surface area contributed by atoms with Crippen molar-refractivity contribution >= 4 is 28.1 Å². The van der Waals surface area contributed by atoms with Gasteiger partial charge in [-0.1, -0.05) is 0 Å². The number of phenolic OH excluding ortho intramolecular Hbond substituents is 1. The summed E-state index contributed by atoms with van der Waals surface area (Å²) in [5.41, 5.74) is 1.52. The summed E-state index contributed by atoms with van der Waals surface area (Å²) in [5.74, 6) is 0.219. The molecule has 0 unspecified atom stereocenters. The fourth-order valence-corrected chi connectivity index (χ4v) is 3.01. The maximum Gasteiger partial charge on any atom is 0.224 e. The number of fused-ring (bicyclic) bond motifs is 2. The lowest BCUT2D eigenvalue weighted by atomic mass is 10.2. The van der Waals surface area contributed by atoms with Crippen molar-refractivity contribution in [2.24, 2.45) is 0 Å². The molecular formula is C20H14FN7O3. The monoisotopic (exact) mass is 419 g/mol. The first kappa shape index (κ1) is 18.5. The average molecular weight is 419 g/mol. The second-order valence-corrected chi connectivity index (χ2v) is 6.46. The lowest BCUT2D eigenvalue weighted by molar-refractivity contribution is 0.374. The molecule has 5 aromatic rings. The quantitative estimate of drug-likeness (QED) is 0.441. The van der Waals surface area contributed by atoms with Gasteiger partial charge in [0.2, 0.25) is 5.88 Å². The van der Waals surface area contributed by atoms with E-state index in [1.165, 1.54) is 44.3 Å². The predicted molar refractivity (Wildman–Crippen MR) is 108 cm³/mol. The summed E-state index contributed by atoms with van der Waals surface area (Å²) in [6.07, 6.45) is 4.34. The molecule has 0 spiro atoms. The van der Waals surface area contributed by atoms with E-state index in [4.69, 9.17) is 9.47 Å². The molecule has 0 saturated heterocycles. The van der Waals surface area contributed by atoms with Crippen molar-refractivity contribution in [3.05, 3.63) is 61.2 Å². The number of rotatable bonds is 5. The summed E-state index contributed by atoms with van der Waals surface area (Å²) in [5, 5.41) is 21.3. The molecule has 3 aromatic heterocycles. The molecule has 31 heavy (non-hydrogen) atoms. The van der Waals surface area contributed by atoms with Crippen LogP contribution in [0.5, 0.6) is 23.1 Å². The van der Waals surface area contributed by atoms with E-state index >= 15 is 0 Å². The van der Waals surface area contributed by atoms with Crippen LogP contribution in [-0.4, -0.2) is 41.8 Å². The highest BCUT2D eigenvalue weighted by atomic mass is 19.1. The maximum absolute atomic E-state index is 14.7. The van der Waals surface area contributed by atoms with Gasteiger partial charge < -0.3 is 19.9 Å². The van der Waals surface area contributed by atoms with Crippen LogP contribution in [0.15, 0.2) is 55.4 Å². The minimum atomic E-state index is -0.601. The molecule has 0 radical (unpaired) electrons. The Kier molecular flexibility index (Phi) is 4.40. The predicted octanol–water partition coefficient (Wildman–Crippen LogP) is 3.46. The van der Waals surface area contributed by atoms with E-state index in [0.29, 0.717) is 33.8 Å². The zero-order valence-corrected chi connectivity index (χ0v) is 16.0. The molecule has 11 heteroatoms. The molecule has 0 saturated carbocycles. The van der Waals surface area contributed by atoms with Crippen molar-refractivity contribution in [3.8, 4) is 23.1 Å². The molecule has 3 heterocycles. The number of aromatic hydroxyl groups is 1. The van der Waals surface area contributed by atoms with Crippen molar-refractivity contribution in [1.29, 1.82) is 0 Å². The summed E-state index contributed by atoms with van der Waals surface area (Å²) in [4.78, 5) is 12.5. The first-order valence-electron chi connectivity index (χ1n) is 9.02. The molecule has 154 valence electrons. The van der Waals surface area contributed by atoms with Crippen molar-refractivity contribution in [2.45, 2.75) is 0 Å². The van der Waals surface area contributed by atoms with Gasteiger partial charge in [0.1, 0.15) is 24.8 Å². The van der Waals surface area contributed by atoms with E-state index in [2.05, 4.69) is 30.5 Å². The van der Waals surface area contributed by atoms with Gasteiger partial charge in [-0.25, -0.2) is 19.3 Å². The van der Waals surface area contributed by atoms with Crippen LogP contribution in [0.1, 0.15) is 0 Å². The van der Waals surface area contributed by atoms with Gasteiger partial charge in [-0.15, -0.1) is 10.2 Å². The Morgan fingerprint density at radius 2 is 1.94 bits per heavy atom. The number of methoxy groups -OCH3 is 1. The van der Waals surface area contributed by atoms with Gasteiger partial charge >= 0.3 is 0 Å². The Morgan fingerprint density at radius 3 is 2.77 bits per heavy atom. The topological polar surface area (TPSA) is 120 Å². The van der Waals surface area contributed by atoms with E-state index in [1.54, 1.807) is 22.6 Å². The molecule has 2 aromatic carbocycles. The highest BCUT2D eigenvalue weighted by Gasteiger charge is 2.12. The van der Waals surface area contributed by atoms with Crippen molar-refractivity contribution < 1.29 is 19.0 Å². The highest BCUT2D eigenvalue weighted by molar-refractivity contribution is 5.92. The first-order chi connectivity index (χ1) is 15.1. The van der Waals surface area contributed by atoms with Crippen molar-refractivity contribution in [1.82, 2.24) is 29.5 Å². The van der Waals surface area contributed by atoms with Crippen LogP contribution in [0, 0.1) is 5.82 Å². The van der Waals surface area contributed by atoms with E-state index < -0.39 is 5.82 Å². The third-order valence-electron chi connectivity index (χ3n) is 4.51. The number of halogens is 1. The number of hydrogen-bond donors (Lipinski definition) is 2. The zero-order chi connectivity index (χ0) is 21.4. The molecule has 0 aliphatic heterocycles. The Morgan fingerprint density at radius 1 is 1.03 bits per heavy atom. The molecular weight excluding hydrogens is 405 g/mol. The summed E-state index contributed by atoms with van der Waals surface area (Å²) < 4.78 is 26.9. The third-order valence-corrected chi connectivity index (χ3v) is 4.51. The van der Waals surface area contributed by atoms with E-state index in [1.807, 2.05) is 0 Å². The standard InChI is InChI=1S/C20H14FN7O3/c1-30-17-6-14-12(5-15(17)29)20(23-8-22-14)26-11-2-3-16(13(21)4-11)31-19-7-18-27-25-10-28(18)9-24-19/h2-10,29H,1H3,(H,22,23,26). The number of nitrogens with zero attached hydrogens (tertiary/aromatic N) is 6. The Balaban J connectivity index is 1.42. The Hall–Kier alpha value is -4.54. The largest absolute Gasteiger partial charge is 0.504 e. The lowest BCUT2D eigenvalue weighted by Gasteiger charge is -2.11. The molecule has 0 aliphatic rings. The number of ether oxygens (including phenoxy) is 2. The Labute approximate surface area is 174 Å². The molecule has 2 N–H and O–H groups in total. The van der Waals surface area contributed by atoms with E-state index in [-0.39, 0.29) is 17.4 Å². The number of benzene rings is 2. The van der Waals surface area contributed by atoms with Crippen LogP contribution in [0.25, 0.3) is 16.6 Å². The molecule has 0 fully saturated rings. The molecule has 5 rings (SSSR count). The normalized spacial score (nSPS) is 11.0. The van der Waals surface area contributed by atoms with E-state index in [0.717, 1.165) is 0 Å². The number of aromatic nitrogens is 6. The molecule has 10 nitrogen and oxygen atoms in total. The minimum absolute atomic E-state index is 0.00292. The SMILES string of the molecule is COc1cc2ncnc(Nc3ccc(Oc4cc5nncn5cn4)c(F)c3)c2cc1O. The average Bonchev–Trinajstić information content (AvgIpc) is 3.23. The number of phenols is 1. The number of hydrogen-bond acceptors (Lipinski definition) is 9. The van der Waals surface area contributed by atoms with Crippen LogP contribution in [0.4, 0.5) is 15.9 Å². The van der Waals surface area contributed by atoms with Crippen LogP contribution >= 0.6 is 0 Å². The van der Waals surface area contributed by atoms with Crippen LogP contribution in [0.2, 0.25) is 0 Å². The van der Waals surface area contributed by atoms with Crippen molar-refractivity contribution in [3.63, 3.8) is 0 Å². The smallest absolute Gasteiger partial charge is 0.224 e. The van der Waals surface area contributed by atoms with Gasteiger partial charge in [-0.2, -0.15) is 0 Å². The summed E-state index contributed by atoms with van der Waals surface area (Å²) in [7, 11) is 1.45. The van der Waals surface area contributed by atoms with Gasteiger partial charge in [0.25, 0.3) is 0 Å². The second-order valence-electron chi connectivity index (χ2n) is 6.46. The number of anilines is 2. The van der Waals surface area contributed by atoms with Gasteiger partial charge in [0, 0.05) is 29.3 Å². The van der Waals surface area contributed by atoms with Gasteiger partial charge in [0.05, 0.1) is 12.6 Å². The van der Waals surface area contributed by atoms with Crippen LogP contribution in [0.3, 0.4) is 0 Å². The fraction of sp³-hybridized carbons (Fsp3) is 0.0500. The molecule has 0 bridgehead atoms. The molecule has 0 amide bonds. The summed E-state index contributed by atoms with van der Waals surface area (Å²) >= 11 is 0. The van der Waals surface area contributed by atoms with E-state index in [9.17, 15) is 9.50 Å². The highest BCUT2D eigenvalue weighted by Crippen LogP contribution is 2.34. The first-order valence-corrected chi connectivity index (χ1v) is 9.02. The van der Waals surface area contributed by atoms with Crippen LogP contribution in [-0.2, 0) is 0 Å².